The largest absolute Gasteiger partial charge is 0.373 e. The van der Waals surface area contributed by atoms with E-state index in [4.69, 9.17) is 0 Å². The van der Waals surface area contributed by atoms with Crippen molar-refractivity contribution in [3.8, 4) is 0 Å². The van der Waals surface area contributed by atoms with Crippen LogP contribution in [0.2, 0.25) is 0 Å². The van der Waals surface area contributed by atoms with Crippen molar-refractivity contribution >= 4 is 12.4 Å². The molecule has 1 nitrogen and oxygen atoms in total. The first-order valence-electron chi connectivity index (χ1n) is 5.41. The molecule has 0 aromatic carbocycles. The summed E-state index contributed by atoms with van der Waals surface area (Å²) in [6.45, 7) is 6.81. The molecule has 1 aliphatic heterocycles. The molecule has 0 aromatic rings. The summed E-state index contributed by atoms with van der Waals surface area (Å²) < 4.78 is 0. The highest BCUT2D eigenvalue weighted by Crippen LogP contribution is 2.08. The van der Waals surface area contributed by atoms with Crippen molar-refractivity contribution in [1.82, 2.24) is 4.90 Å². The molecule has 2 heteroatoms. The molecule has 0 N–H and O–H groups in total. The summed E-state index contributed by atoms with van der Waals surface area (Å²) in [5.74, 6) is 0. The molecule has 0 fully saturated rings. The van der Waals surface area contributed by atoms with E-state index in [1.165, 1.54) is 37.8 Å². The maximum absolute atomic E-state index is 2.41. The Morgan fingerprint density at radius 2 is 2.07 bits per heavy atom. The molecular weight excluding hydrogens is 194 g/mol. The zero-order valence-electron chi connectivity index (χ0n) is 9.33. The van der Waals surface area contributed by atoms with Crippen molar-refractivity contribution in [1.29, 1.82) is 0 Å². The van der Waals surface area contributed by atoms with Gasteiger partial charge in [-0.2, -0.15) is 0 Å². The maximum Gasteiger partial charge on any atom is 0.0383 e. The third-order valence-corrected chi connectivity index (χ3v) is 2.43. The molecular formula is C12H22ClN. The number of halogens is 1. The minimum absolute atomic E-state index is 0. The minimum atomic E-state index is 0. The highest BCUT2D eigenvalue weighted by atomic mass is 35.5. The molecule has 0 bridgehead atoms. The van der Waals surface area contributed by atoms with E-state index < -0.39 is 0 Å². The Morgan fingerprint density at radius 3 is 2.71 bits per heavy atom. The maximum atomic E-state index is 2.41. The molecule has 0 saturated carbocycles. The van der Waals surface area contributed by atoms with E-state index in [-0.39, 0.29) is 12.4 Å². The molecule has 0 amide bonds. The number of hydrogen-bond acceptors (Lipinski definition) is 1. The van der Waals surface area contributed by atoms with Gasteiger partial charge in [0.2, 0.25) is 0 Å². The average molecular weight is 216 g/mol. The van der Waals surface area contributed by atoms with Gasteiger partial charge in [-0.1, -0.05) is 37.8 Å². The smallest absolute Gasteiger partial charge is 0.0383 e. The molecule has 0 radical (unpaired) electrons. The average Bonchev–Trinajstić information content (AvgIpc) is 2.13. The van der Waals surface area contributed by atoms with E-state index >= 15 is 0 Å². The zero-order valence-corrected chi connectivity index (χ0v) is 10.1. The summed E-state index contributed by atoms with van der Waals surface area (Å²) in [7, 11) is 0. The fourth-order valence-electron chi connectivity index (χ4n) is 1.65. The van der Waals surface area contributed by atoms with E-state index in [9.17, 15) is 0 Å². The van der Waals surface area contributed by atoms with Crippen molar-refractivity contribution in [2.24, 2.45) is 0 Å². The van der Waals surface area contributed by atoms with Crippen LogP contribution in [0.25, 0.3) is 0 Å². The summed E-state index contributed by atoms with van der Waals surface area (Å²) in [6, 6.07) is 0. The summed E-state index contributed by atoms with van der Waals surface area (Å²) in [5, 5.41) is 0. The lowest BCUT2D eigenvalue weighted by molar-refractivity contribution is 0.385. The Hall–Kier alpha value is -0.430. The summed E-state index contributed by atoms with van der Waals surface area (Å²) in [6.07, 6.45) is 12.0. The standard InChI is InChI=1S/C12H21N.ClH/c1-3-4-5-6-9-13-10-7-8-12(2)11-13;/h7-8,10H,3-6,9,11H2,1-2H3;1H. The van der Waals surface area contributed by atoms with Crippen molar-refractivity contribution in [3.05, 3.63) is 23.9 Å². The van der Waals surface area contributed by atoms with Crippen LogP contribution in [0.5, 0.6) is 0 Å². The number of nitrogens with zero attached hydrogens (tertiary/aromatic N) is 1. The molecule has 0 unspecified atom stereocenters. The Labute approximate surface area is 94.3 Å². The van der Waals surface area contributed by atoms with E-state index in [0.29, 0.717) is 0 Å². The lowest BCUT2D eigenvalue weighted by atomic mass is 10.1. The fourth-order valence-corrected chi connectivity index (χ4v) is 1.65. The van der Waals surface area contributed by atoms with Gasteiger partial charge in [-0.15, -0.1) is 12.4 Å². The van der Waals surface area contributed by atoms with Gasteiger partial charge in [-0.3, -0.25) is 0 Å². The number of rotatable bonds is 5. The molecule has 1 aliphatic rings. The number of allylic oxidation sites excluding steroid dienone is 2. The molecule has 1 rings (SSSR count). The van der Waals surface area contributed by atoms with Gasteiger partial charge < -0.3 is 4.90 Å². The summed E-state index contributed by atoms with van der Waals surface area (Å²) in [5.41, 5.74) is 1.47. The zero-order chi connectivity index (χ0) is 9.52. The molecule has 0 aliphatic carbocycles. The van der Waals surface area contributed by atoms with E-state index in [0.717, 1.165) is 6.54 Å². The minimum Gasteiger partial charge on any atom is -0.373 e. The highest BCUT2D eigenvalue weighted by molar-refractivity contribution is 5.85. The quantitative estimate of drug-likeness (QED) is 0.632. The van der Waals surface area contributed by atoms with Gasteiger partial charge in [0.25, 0.3) is 0 Å². The van der Waals surface area contributed by atoms with Crippen molar-refractivity contribution in [2.75, 3.05) is 13.1 Å². The predicted octanol–water partition coefficient (Wildman–Crippen LogP) is 3.76. The fraction of sp³-hybridized carbons (Fsp3) is 0.667. The van der Waals surface area contributed by atoms with Crippen LogP contribution in [-0.2, 0) is 0 Å². The first-order valence-corrected chi connectivity index (χ1v) is 5.41. The summed E-state index contributed by atoms with van der Waals surface area (Å²) in [4.78, 5) is 2.41. The molecule has 0 atom stereocenters. The van der Waals surface area contributed by atoms with Crippen molar-refractivity contribution in [2.45, 2.75) is 39.5 Å². The van der Waals surface area contributed by atoms with Crippen LogP contribution in [0.4, 0.5) is 0 Å². The van der Waals surface area contributed by atoms with Crippen LogP contribution in [0.1, 0.15) is 39.5 Å². The first-order chi connectivity index (χ1) is 6.33. The Balaban J connectivity index is 0.00000169. The SMILES string of the molecule is CCCCCCN1C=CC=C(C)C1.Cl. The predicted molar refractivity (Wildman–Crippen MR) is 65.9 cm³/mol. The van der Waals surface area contributed by atoms with Gasteiger partial charge in [-0.05, 0) is 25.6 Å². The van der Waals surface area contributed by atoms with Gasteiger partial charge in [0.1, 0.15) is 0 Å². The van der Waals surface area contributed by atoms with Gasteiger partial charge in [-0.25, -0.2) is 0 Å². The van der Waals surface area contributed by atoms with E-state index in [1.54, 1.807) is 0 Å². The number of hydrogen-bond donors (Lipinski definition) is 0. The van der Waals surface area contributed by atoms with Gasteiger partial charge in [0, 0.05) is 13.1 Å². The molecule has 82 valence electrons. The van der Waals surface area contributed by atoms with E-state index in [1.807, 2.05) is 0 Å². The molecule has 0 aromatic heterocycles. The second-order valence-electron chi connectivity index (χ2n) is 3.89. The van der Waals surface area contributed by atoms with E-state index in [2.05, 4.69) is 37.1 Å². The van der Waals surface area contributed by atoms with Gasteiger partial charge in [0.15, 0.2) is 0 Å². The lowest BCUT2D eigenvalue weighted by Gasteiger charge is -2.23. The molecule has 1 heterocycles. The molecule has 0 spiro atoms. The monoisotopic (exact) mass is 215 g/mol. The normalized spacial score (nSPS) is 15.0. The molecule has 0 saturated heterocycles. The van der Waals surface area contributed by atoms with Crippen LogP contribution in [0.15, 0.2) is 23.9 Å². The van der Waals surface area contributed by atoms with Crippen LogP contribution in [-0.4, -0.2) is 18.0 Å². The Bertz CT molecular complexity index is 196. The third-order valence-electron chi connectivity index (χ3n) is 2.43. The van der Waals surface area contributed by atoms with Crippen LogP contribution < -0.4 is 0 Å². The first kappa shape index (κ1) is 13.6. The van der Waals surface area contributed by atoms with Crippen LogP contribution >= 0.6 is 12.4 Å². The van der Waals surface area contributed by atoms with Crippen LogP contribution in [0, 0.1) is 0 Å². The summed E-state index contributed by atoms with van der Waals surface area (Å²) >= 11 is 0. The second-order valence-corrected chi connectivity index (χ2v) is 3.89. The second kappa shape index (κ2) is 7.93. The van der Waals surface area contributed by atoms with Gasteiger partial charge in [0.05, 0.1) is 0 Å². The Morgan fingerprint density at radius 1 is 1.29 bits per heavy atom. The molecule has 14 heavy (non-hydrogen) atoms. The van der Waals surface area contributed by atoms with Crippen molar-refractivity contribution in [3.63, 3.8) is 0 Å². The topological polar surface area (TPSA) is 3.24 Å². The third kappa shape index (κ3) is 5.33. The highest BCUT2D eigenvalue weighted by Gasteiger charge is 2.02. The van der Waals surface area contributed by atoms with Crippen LogP contribution in [0.3, 0.4) is 0 Å². The van der Waals surface area contributed by atoms with Gasteiger partial charge >= 0.3 is 0 Å². The van der Waals surface area contributed by atoms with Crippen molar-refractivity contribution < 1.29 is 0 Å². The number of unbranched alkanes of at least 4 members (excludes halogenated alkanes) is 3. The Kier molecular flexibility index (Phi) is 7.68. The lowest BCUT2D eigenvalue weighted by Crippen LogP contribution is -2.22.